The minimum atomic E-state index is -1.66. The van der Waals surface area contributed by atoms with Crippen molar-refractivity contribution in [1.82, 2.24) is 0 Å². The lowest BCUT2D eigenvalue weighted by Gasteiger charge is -2.36. The first-order chi connectivity index (χ1) is 8.62. The highest BCUT2D eigenvalue weighted by molar-refractivity contribution is 6.74. The highest BCUT2D eigenvalue weighted by atomic mass is 28.4. The van der Waals surface area contributed by atoms with Crippen LogP contribution in [-0.2, 0) is 14.0 Å². The van der Waals surface area contributed by atoms with E-state index in [4.69, 9.17) is 4.43 Å². The number of alkyl halides is 1. The summed E-state index contributed by atoms with van der Waals surface area (Å²) in [7, 11) is -0.448. The van der Waals surface area contributed by atoms with Crippen LogP contribution in [0.5, 0.6) is 0 Å². The van der Waals surface area contributed by atoms with E-state index < -0.39 is 20.5 Å². The van der Waals surface area contributed by atoms with Gasteiger partial charge in [0.05, 0.1) is 7.11 Å². The molecule has 0 saturated carbocycles. The number of carbonyl (C=O) groups excluding carboxylic acids is 1. The second kappa shape index (κ2) is 8.00. The zero-order valence-electron chi connectivity index (χ0n) is 13.2. The first-order valence-electron chi connectivity index (χ1n) is 6.97. The number of hydrogen-bond donors (Lipinski definition) is 0. The third kappa shape index (κ3) is 7.06. The Kier molecular flexibility index (Phi) is 7.82. The summed E-state index contributed by atoms with van der Waals surface area (Å²) in [6.07, 6.45) is 1.25. The third-order valence-electron chi connectivity index (χ3n) is 3.83. The molecule has 0 saturated heterocycles. The van der Waals surface area contributed by atoms with E-state index in [0.717, 1.165) is 19.4 Å². The van der Waals surface area contributed by atoms with Gasteiger partial charge in [0.1, 0.15) is 0 Å². The molecule has 0 heterocycles. The zero-order chi connectivity index (χ0) is 15.1. The lowest BCUT2D eigenvalue weighted by Crippen LogP contribution is -2.40. The Morgan fingerprint density at radius 1 is 1.21 bits per heavy atom. The lowest BCUT2D eigenvalue weighted by atomic mass is 10.1. The number of hydrogen-bond acceptors (Lipinski definition) is 3. The van der Waals surface area contributed by atoms with Gasteiger partial charge in [0, 0.05) is 6.61 Å². The monoisotopic (exact) mass is 292 g/mol. The van der Waals surface area contributed by atoms with Crippen molar-refractivity contribution in [3.63, 3.8) is 0 Å². The first kappa shape index (κ1) is 18.6. The molecular weight excluding hydrogens is 263 g/mol. The molecule has 0 aromatic rings. The van der Waals surface area contributed by atoms with Crippen LogP contribution < -0.4 is 0 Å². The maximum atomic E-state index is 13.2. The Hall–Kier alpha value is -0.423. The molecule has 5 heteroatoms. The maximum Gasteiger partial charge on any atom is 0.340 e. The first-order valence-corrected chi connectivity index (χ1v) is 9.88. The maximum absolute atomic E-state index is 13.2. The number of rotatable bonds is 8. The van der Waals surface area contributed by atoms with Crippen LogP contribution in [-0.4, -0.2) is 34.2 Å². The fraction of sp³-hybridized carbons (Fsp3) is 0.929. The smallest absolute Gasteiger partial charge is 0.340 e. The van der Waals surface area contributed by atoms with E-state index in [1.54, 1.807) is 0 Å². The molecule has 19 heavy (non-hydrogen) atoms. The van der Waals surface area contributed by atoms with E-state index >= 15 is 0 Å². The van der Waals surface area contributed by atoms with Gasteiger partial charge in [-0.2, -0.15) is 0 Å². The van der Waals surface area contributed by atoms with E-state index in [-0.39, 0.29) is 11.5 Å². The molecule has 114 valence electrons. The molecule has 0 unspecified atom stereocenters. The molecule has 0 aliphatic rings. The summed E-state index contributed by atoms with van der Waals surface area (Å²) in [6.45, 7) is 11.8. The molecule has 3 nitrogen and oxygen atoms in total. The van der Waals surface area contributed by atoms with Crippen LogP contribution in [0.4, 0.5) is 4.39 Å². The van der Waals surface area contributed by atoms with Crippen molar-refractivity contribution >= 4 is 14.3 Å². The number of ether oxygens (including phenoxy) is 1. The van der Waals surface area contributed by atoms with E-state index in [9.17, 15) is 9.18 Å². The summed E-state index contributed by atoms with van der Waals surface area (Å²) in [5.41, 5.74) is 0. The molecule has 0 radical (unpaired) electrons. The van der Waals surface area contributed by atoms with Crippen LogP contribution in [0.25, 0.3) is 0 Å². The molecule has 0 spiro atoms. The summed E-state index contributed by atoms with van der Waals surface area (Å²) in [4.78, 5) is 10.9. The molecule has 0 aromatic carbocycles. The normalized spacial score (nSPS) is 14.3. The molecule has 0 aliphatic carbocycles. The number of halogens is 1. The van der Waals surface area contributed by atoms with Crippen LogP contribution in [0, 0.1) is 0 Å². The molecule has 0 aliphatic heterocycles. The van der Waals surface area contributed by atoms with Gasteiger partial charge in [0.25, 0.3) is 0 Å². The molecule has 0 rings (SSSR count). The van der Waals surface area contributed by atoms with Crippen molar-refractivity contribution in [1.29, 1.82) is 0 Å². The molecule has 0 N–H and O–H groups in total. The van der Waals surface area contributed by atoms with Crippen molar-refractivity contribution in [3.8, 4) is 0 Å². The molecule has 0 bridgehead atoms. The minimum absolute atomic E-state index is 0.224. The Labute approximate surface area is 118 Å². The standard InChI is InChI=1S/C14H29FO3Si/c1-14(2,3)19(5,6)18-11-9-7-8-10-12(15)13(16)17-4/h12H,7-11H2,1-6H3/t12-/m1/s1. The molecule has 0 aromatic heterocycles. The van der Waals surface area contributed by atoms with Crippen LogP contribution in [0.1, 0.15) is 46.5 Å². The Balaban J connectivity index is 3.70. The molecule has 1 atom stereocenters. The summed E-state index contributed by atoms with van der Waals surface area (Å²) in [5.74, 6) is -0.766. The van der Waals surface area contributed by atoms with E-state index in [1.807, 2.05) is 0 Å². The second-order valence-corrected chi connectivity index (χ2v) is 11.3. The van der Waals surface area contributed by atoms with Gasteiger partial charge in [-0.05, 0) is 37.4 Å². The van der Waals surface area contributed by atoms with E-state index in [1.165, 1.54) is 7.11 Å². The molecular formula is C14H29FO3Si. The Morgan fingerprint density at radius 3 is 2.26 bits per heavy atom. The second-order valence-electron chi connectivity index (χ2n) is 6.45. The predicted molar refractivity (Wildman–Crippen MR) is 78.5 cm³/mol. The van der Waals surface area contributed by atoms with Crippen molar-refractivity contribution in [2.24, 2.45) is 0 Å². The van der Waals surface area contributed by atoms with E-state index in [2.05, 4.69) is 38.6 Å². The quantitative estimate of drug-likeness (QED) is 0.384. The van der Waals surface area contributed by atoms with Gasteiger partial charge < -0.3 is 9.16 Å². The van der Waals surface area contributed by atoms with Crippen LogP contribution in [0.2, 0.25) is 18.1 Å². The van der Waals surface area contributed by atoms with Crippen LogP contribution in [0.15, 0.2) is 0 Å². The SMILES string of the molecule is COC(=O)[C@H](F)CCCCCO[Si](C)(C)C(C)(C)C. The van der Waals surface area contributed by atoms with Gasteiger partial charge >= 0.3 is 5.97 Å². The van der Waals surface area contributed by atoms with Crippen molar-refractivity contribution in [3.05, 3.63) is 0 Å². The summed E-state index contributed by atoms with van der Waals surface area (Å²) in [6, 6.07) is 0. The third-order valence-corrected chi connectivity index (χ3v) is 8.37. The Morgan fingerprint density at radius 2 is 1.79 bits per heavy atom. The van der Waals surface area contributed by atoms with E-state index in [0.29, 0.717) is 6.42 Å². The van der Waals surface area contributed by atoms with Crippen molar-refractivity contribution < 1.29 is 18.3 Å². The fourth-order valence-corrected chi connectivity index (χ4v) is 2.48. The van der Waals surface area contributed by atoms with Crippen molar-refractivity contribution in [2.45, 2.75) is 70.8 Å². The van der Waals surface area contributed by atoms with Gasteiger partial charge in [-0.15, -0.1) is 0 Å². The number of unbranched alkanes of at least 4 members (excludes halogenated alkanes) is 2. The summed E-state index contributed by atoms with van der Waals surface area (Å²) < 4.78 is 23.5. The van der Waals surface area contributed by atoms with Crippen LogP contribution in [0.3, 0.4) is 0 Å². The number of esters is 1. The van der Waals surface area contributed by atoms with Gasteiger partial charge in [0.15, 0.2) is 14.5 Å². The largest absolute Gasteiger partial charge is 0.467 e. The lowest BCUT2D eigenvalue weighted by molar-refractivity contribution is -0.146. The Bertz CT molecular complexity index is 274. The number of carbonyl (C=O) groups is 1. The zero-order valence-corrected chi connectivity index (χ0v) is 14.2. The summed E-state index contributed by atoms with van der Waals surface area (Å²) >= 11 is 0. The summed E-state index contributed by atoms with van der Waals surface area (Å²) in [5, 5.41) is 0.224. The topological polar surface area (TPSA) is 35.5 Å². The van der Waals surface area contributed by atoms with Crippen molar-refractivity contribution in [2.75, 3.05) is 13.7 Å². The van der Waals surface area contributed by atoms with Gasteiger partial charge in [-0.1, -0.05) is 27.2 Å². The number of methoxy groups -OCH3 is 1. The molecule has 0 fully saturated rings. The van der Waals surface area contributed by atoms with Gasteiger partial charge in [-0.3, -0.25) is 0 Å². The van der Waals surface area contributed by atoms with Crippen LogP contribution >= 0.6 is 0 Å². The van der Waals surface area contributed by atoms with Gasteiger partial charge in [-0.25, -0.2) is 9.18 Å². The highest BCUT2D eigenvalue weighted by Crippen LogP contribution is 2.36. The minimum Gasteiger partial charge on any atom is -0.467 e. The highest BCUT2D eigenvalue weighted by Gasteiger charge is 2.36. The average Bonchev–Trinajstić information content (AvgIpc) is 2.30. The fourth-order valence-electron chi connectivity index (χ4n) is 1.39. The van der Waals surface area contributed by atoms with Gasteiger partial charge in [0.2, 0.25) is 0 Å². The molecule has 0 amide bonds. The predicted octanol–water partition coefficient (Wildman–Crippen LogP) is 4.08. The average molecular weight is 292 g/mol.